The molecule has 1 aromatic carbocycles. The lowest BCUT2D eigenvalue weighted by molar-refractivity contribution is -0.274. The number of H-pyrrole nitrogens is 1. The molecule has 3 heterocycles. The number of hydrogen-bond acceptors (Lipinski definition) is 5. The van der Waals surface area contributed by atoms with E-state index < -0.39 is 12.3 Å². The van der Waals surface area contributed by atoms with Crippen LogP contribution in [0.5, 0.6) is 5.75 Å². The van der Waals surface area contributed by atoms with Crippen molar-refractivity contribution < 1.29 is 27.5 Å². The van der Waals surface area contributed by atoms with Gasteiger partial charge in [-0.1, -0.05) is 0 Å². The van der Waals surface area contributed by atoms with E-state index in [2.05, 4.69) is 25.2 Å². The van der Waals surface area contributed by atoms with Crippen molar-refractivity contribution in [1.29, 1.82) is 0 Å². The first-order valence-electron chi connectivity index (χ1n) is 10.2. The molecule has 0 spiro atoms. The quantitative estimate of drug-likeness (QED) is 0.604. The number of carbonyl (C=O) groups excluding carboxylic acids is 2. The molecule has 2 N–H and O–H groups in total. The van der Waals surface area contributed by atoms with Gasteiger partial charge >= 0.3 is 6.36 Å². The average molecular weight is 459 g/mol. The predicted octanol–water partition coefficient (Wildman–Crippen LogP) is 3.86. The van der Waals surface area contributed by atoms with Gasteiger partial charge in [-0.3, -0.25) is 19.7 Å². The molecule has 3 aromatic rings. The molecule has 0 radical (unpaired) electrons. The monoisotopic (exact) mass is 459 g/mol. The molecule has 1 aliphatic heterocycles. The summed E-state index contributed by atoms with van der Waals surface area (Å²) in [4.78, 5) is 31.2. The van der Waals surface area contributed by atoms with E-state index in [1.807, 2.05) is 6.07 Å². The first-order chi connectivity index (χ1) is 15.8. The van der Waals surface area contributed by atoms with Gasteiger partial charge in [0.1, 0.15) is 11.4 Å². The van der Waals surface area contributed by atoms with Crippen LogP contribution in [0, 0.1) is 5.92 Å². The molecule has 0 unspecified atom stereocenters. The van der Waals surface area contributed by atoms with E-state index in [-0.39, 0.29) is 24.1 Å². The number of ether oxygens (including phenoxy) is 1. The summed E-state index contributed by atoms with van der Waals surface area (Å²) in [6.45, 7) is 0.731. The summed E-state index contributed by atoms with van der Waals surface area (Å²) in [5.41, 5.74) is 2.02. The zero-order valence-corrected chi connectivity index (χ0v) is 17.3. The normalized spacial score (nSPS) is 16.3. The van der Waals surface area contributed by atoms with Crippen LogP contribution >= 0.6 is 0 Å². The van der Waals surface area contributed by atoms with Gasteiger partial charge in [0.15, 0.2) is 0 Å². The Morgan fingerprint density at radius 3 is 2.67 bits per heavy atom. The highest BCUT2D eigenvalue weighted by molar-refractivity contribution is 5.95. The van der Waals surface area contributed by atoms with Crippen LogP contribution in [0.15, 0.2) is 54.9 Å². The Balaban J connectivity index is 1.36. The van der Waals surface area contributed by atoms with Crippen LogP contribution in [0.3, 0.4) is 0 Å². The minimum atomic E-state index is -4.78. The first kappa shape index (κ1) is 22.3. The lowest BCUT2D eigenvalue weighted by Crippen LogP contribution is -2.43. The molecular weight excluding hydrogens is 439 g/mol. The SMILES string of the molecule is O=C(Nc1ccc(OC(F)(F)F)cc1)[C@H]1CCCN(C(=O)c2cc(-c3cccnc3)n[nH]2)C1. The third-order valence-electron chi connectivity index (χ3n) is 5.20. The third-order valence-corrected chi connectivity index (χ3v) is 5.20. The van der Waals surface area contributed by atoms with Crippen molar-refractivity contribution in [1.82, 2.24) is 20.1 Å². The number of nitrogens with zero attached hydrogens (tertiary/aromatic N) is 3. The van der Waals surface area contributed by atoms with Gasteiger partial charge in [0.05, 0.1) is 11.6 Å². The van der Waals surface area contributed by atoms with E-state index in [9.17, 15) is 22.8 Å². The second kappa shape index (κ2) is 9.31. The second-order valence-electron chi connectivity index (χ2n) is 7.56. The number of alkyl halides is 3. The Morgan fingerprint density at radius 2 is 1.97 bits per heavy atom. The maximum atomic E-state index is 12.9. The number of aromatic nitrogens is 3. The fraction of sp³-hybridized carbons (Fsp3) is 0.273. The fourth-order valence-electron chi connectivity index (χ4n) is 3.62. The summed E-state index contributed by atoms with van der Waals surface area (Å²) in [5.74, 6) is -1.39. The molecular formula is C22H20F3N5O3. The summed E-state index contributed by atoms with van der Waals surface area (Å²) in [7, 11) is 0. The highest BCUT2D eigenvalue weighted by atomic mass is 19.4. The van der Waals surface area contributed by atoms with Crippen LogP contribution in [-0.2, 0) is 4.79 Å². The number of anilines is 1. The van der Waals surface area contributed by atoms with E-state index in [4.69, 9.17) is 0 Å². The van der Waals surface area contributed by atoms with Gasteiger partial charge in [-0.15, -0.1) is 13.2 Å². The Hall–Kier alpha value is -3.89. The minimum absolute atomic E-state index is 0.223. The van der Waals surface area contributed by atoms with Crippen molar-refractivity contribution in [3.8, 4) is 17.0 Å². The van der Waals surface area contributed by atoms with Crippen molar-refractivity contribution in [2.45, 2.75) is 19.2 Å². The summed E-state index contributed by atoms with van der Waals surface area (Å²) in [5, 5.41) is 9.60. The number of carbonyl (C=O) groups is 2. The van der Waals surface area contributed by atoms with Crippen LogP contribution in [-0.4, -0.2) is 51.3 Å². The Kier molecular flexibility index (Phi) is 6.29. The molecule has 0 saturated carbocycles. The van der Waals surface area contributed by atoms with Crippen LogP contribution < -0.4 is 10.1 Å². The number of aromatic amines is 1. The predicted molar refractivity (Wildman–Crippen MR) is 112 cm³/mol. The molecule has 2 amide bonds. The average Bonchev–Trinajstić information content (AvgIpc) is 3.30. The Bertz CT molecular complexity index is 1120. The van der Waals surface area contributed by atoms with Crippen LogP contribution in [0.2, 0.25) is 0 Å². The zero-order chi connectivity index (χ0) is 23.4. The first-order valence-corrected chi connectivity index (χ1v) is 10.2. The standard InChI is InChI=1S/C22H20F3N5O3/c23-22(24,25)33-17-7-5-16(6-8-17)27-20(31)15-4-2-10-30(13-15)21(32)19-11-18(28-29-19)14-3-1-9-26-12-14/h1,3,5-9,11-12,15H,2,4,10,13H2,(H,27,31)(H,28,29)/t15-/m0/s1. The van der Waals surface area contributed by atoms with Crippen molar-refractivity contribution in [3.05, 3.63) is 60.6 Å². The van der Waals surface area contributed by atoms with Gasteiger partial charge in [-0.05, 0) is 55.3 Å². The third kappa shape index (κ3) is 5.68. The molecule has 11 heteroatoms. The van der Waals surface area contributed by atoms with Crippen molar-refractivity contribution in [2.75, 3.05) is 18.4 Å². The van der Waals surface area contributed by atoms with E-state index in [1.165, 1.54) is 12.1 Å². The number of hydrogen-bond donors (Lipinski definition) is 2. The van der Waals surface area contributed by atoms with Crippen molar-refractivity contribution >= 4 is 17.5 Å². The van der Waals surface area contributed by atoms with Crippen molar-refractivity contribution in [3.63, 3.8) is 0 Å². The topological polar surface area (TPSA) is 100 Å². The molecule has 2 aromatic heterocycles. The largest absolute Gasteiger partial charge is 0.573 e. The smallest absolute Gasteiger partial charge is 0.406 e. The maximum Gasteiger partial charge on any atom is 0.573 e. The lowest BCUT2D eigenvalue weighted by Gasteiger charge is -2.31. The highest BCUT2D eigenvalue weighted by Gasteiger charge is 2.31. The highest BCUT2D eigenvalue weighted by Crippen LogP contribution is 2.25. The summed E-state index contributed by atoms with van der Waals surface area (Å²) >= 11 is 0. The number of halogens is 3. The number of benzene rings is 1. The number of pyridine rings is 1. The van der Waals surface area contributed by atoms with Gasteiger partial charge in [0.25, 0.3) is 5.91 Å². The molecule has 4 rings (SSSR count). The summed E-state index contributed by atoms with van der Waals surface area (Å²) in [6.07, 6.45) is -0.254. The van der Waals surface area contributed by atoms with Gasteiger partial charge < -0.3 is 15.0 Å². The van der Waals surface area contributed by atoms with Crippen LogP contribution in [0.25, 0.3) is 11.3 Å². The second-order valence-corrected chi connectivity index (χ2v) is 7.56. The molecule has 1 saturated heterocycles. The molecule has 8 nitrogen and oxygen atoms in total. The summed E-state index contributed by atoms with van der Waals surface area (Å²) in [6, 6.07) is 10.2. The summed E-state index contributed by atoms with van der Waals surface area (Å²) < 4.78 is 40.6. The molecule has 0 aliphatic carbocycles. The molecule has 1 atom stereocenters. The van der Waals surface area contributed by atoms with Gasteiger partial charge in [-0.25, -0.2) is 0 Å². The number of amides is 2. The number of nitrogens with one attached hydrogen (secondary N) is 2. The van der Waals surface area contributed by atoms with Gasteiger partial charge in [0.2, 0.25) is 5.91 Å². The van der Waals surface area contributed by atoms with E-state index in [1.54, 1.807) is 29.4 Å². The Labute approximate surface area is 186 Å². The molecule has 172 valence electrons. The maximum absolute atomic E-state index is 12.9. The van der Waals surface area contributed by atoms with Crippen molar-refractivity contribution in [2.24, 2.45) is 5.92 Å². The van der Waals surface area contributed by atoms with Crippen LogP contribution in [0.1, 0.15) is 23.3 Å². The molecule has 1 fully saturated rings. The van der Waals surface area contributed by atoms with E-state index in [0.29, 0.717) is 36.5 Å². The number of likely N-dealkylation sites (tertiary alicyclic amines) is 1. The lowest BCUT2D eigenvalue weighted by atomic mass is 9.96. The van der Waals surface area contributed by atoms with E-state index in [0.717, 1.165) is 17.7 Å². The van der Waals surface area contributed by atoms with Gasteiger partial charge in [0, 0.05) is 36.7 Å². The number of rotatable bonds is 5. The zero-order valence-electron chi connectivity index (χ0n) is 17.3. The number of piperidine rings is 1. The molecule has 33 heavy (non-hydrogen) atoms. The van der Waals surface area contributed by atoms with Crippen LogP contribution in [0.4, 0.5) is 18.9 Å². The molecule has 0 bridgehead atoms. The minimum Gasteiger partial charge on any atom is -0.406 e. The molecule has 1 aliphatic rings. The van der Waals surface area contributed by atoms with Gasteiger partial charge in [-0.2, -0.15) is 5.10 Å². The fourth-order valence-corrected chi connectivity index (χ4v) is 3.62. The Morgan fingerprint density at radius 1 is 1.18 bits per heavy atom. The van der Waals surface area contributed by atoms with E-state index >= 15 is 0 Å².